The van der Waals surface area contributed by atoms with Crippen molar-refractivity contribution in [1.29, 1.82) is 0 Å². The van der Waals surface area contributed by atoms with Gasteiger partial charge in [0.15, 0.2) is 0 Å². The number of ether oxygens (including phenoxy) is 1. The number of rotatable bonds is 4. The fraction of sp³-hybridized carbons (Fsp3) is 0.500. The highest BCUT2D eigenvalue weighted by molar-refractivity contribution is 5.71. The summed E-state index contributed by atoms with van der Waals surface area (Å²) in [6.45, 7) is 3.97. The number of carboxylic acids is 1. The number of carboxylic acid groups (broad SMARTS) is 1. The molecule has 0 spiro atoms. The van der Waals surface area contributed by atoms with E-state index in [2.05, 4.69) is 12.2 Å². The summed E-state index contributed by atoms with van der Waals surface area (Å²) in [4.78, 5) is 10.8. The highest BCUT2D eigenvalue weighted by Crippen LogP contribution is 2.28. The van der Waals surface area contributed by atoms with Crippen LogP contribution in [0.15, 0.2) is 24.3 Å². The lowest BCUT2D eigenvalue weighted by Crippen LogP contribution is -2.44. The van der Waals surface area contributed by atoms with Gasteiger partial charge in [-0.3, -0.25) is 4.79 Å². The monoisotopic (exact) mass is 249 g/mol. The van der Waals surface area contributed by atoms with Crippen LogP contribution in [0.1, 0.15) is 25.3 Å². The molecular formula is C14H19NO3. The van der Waals surface area contributed by atoms with Crippen molar-refractivity contribution in [2.75, 3.05) is 13.1 Å². The molecule has 98 valence electrons. The van der Waals surface area contributed by atoms with E-state index < -0.39 is 5.97 Å². The van der Waals surface area contributed by atoms with Crippen LogP contribution < -0.4 is 10.1 Å². The maximum Gasteiger partial charge on any atom is 0.307 e. The van der Waals surface area contributed by atoms with Gasteiger partial charge in [-0.15, -0.1) is 0 Å². The Bertz CT molecular complexity index is 425. The van der Waals surface area contributed by atoms with Crippen molar-refractivity contribution in [2.45, 2.75) is 31.8 Å². The molecule has 0 bridgehead atoms. The van der Waals surface area contributed by atoms with Gasteiger partial charge < -0.3 is 15.2 Å². The first-order valence-electron chi connectivity index (χ1n) is 6.28. The first kappa shape index (κ1) is 12.9. The number of hydrogen-bond donors (Lipinski definition) is 2. The van der Waals surface area contributed by atoms with E-state index in [9.17, 15) is 4.79 Å². The zero-order valence-corrected chi connectivity index (χ0v) is 10.6. The SMILES string of the molecule is CC1(Oc2ccccc2CC(=O)O)CCNCC1. The molecule has 4 heteroatoms. The number of piperidine rings is 1. The molecule has 1 aliphatic rings. The standard InChI is InChI=1S/C14H19NO3/c1-14(6-8-15-9-7-14)18-12-5-3-2-4-11(12)10-13(16)17/h2-5,15H,6-10H2,1H3,(H,16,17). The predicted molar refractivity (Wildman–Crippen MR) is 68.9 cm³/mol. The van der Waals surface area contributed by atoms with Crippen LogP contribution in [-0.4, -0.2) is 29.8 Å². The van der Waals surface area contributed by atoms with Crippen LogP contribution in [0.4, 0.5) is 0 Å². The lowest BCUT2D eigenvalue weighted by atomic mass is 9.94. The Balaban J connectivity index is 2.14. The molecular weight excluding hydrogens is 230 g/mol. The summed E-state index contributed by atoms with van der Waals surface area (Å²) in [5.41, 5.74) is 0.546. The minimum Gasteiger partial charge on any atom is -0.487 e. The predicted octanol–water partition coefficient (Wildman–Crippen LogP) is 1.83. The van der Waals surface area contributed by atoms with Gasteiger partial charge in [-0.25, -0.2) is 0 Å². The van der Waals surface area contributed by atoms with E-state index in [1.807, 2.05) is 24.3 Å². The molecule has 2 N–H and O–H groups in total. The van der Waals surface area contributed by atoms with Gasteiger partial charge in [-0.1, -0.05) is 18.2 Å². The number of para-hydroxylation sites is 1. The minimum absolute atomic E-state index is 0.00447. The summed E-state index contributed by atoms with van der Waals surface area (Å²) in [6, 6.07) is 7.39. The maximum absolute atomic E-state index is 10.8. The summed E-state index contributed by atoms with van der Waals surface area (Å²) >= 11 is 0. The van der Waals surface area contributed by atoms with Gasteiger partial charge in [0.25, 0.3) is 0 Å². The number of benzene rings is 1. The smallest absolute Gasteiger partial charge is 0.307 e. The molecule has 18 heavy (non-hydrogen) atoms. The van der Waals surface area contributed by atoms with Gasteiger partial charge in [0.2, 0.25) is 0 Å². The highest BCUT2D eigenvalue weighted by atomic mass is 16.5. The lowest BCUT2D eigenvalue weighted by Gasteiger charge is -2.35. The average Bonchev–Trinajstić information content (AvgIpc) is 2.32. The van der Waals surface area contributed by atoms with E-state index in [-0.39, 0.29) is 12.0 Å². The topological polar surface area (TPSA) is 58.6 Å². The van der Waals surface area contributed by atoms with Crippen molar-refractivity contribution in [3.63, 3.8) is 0 Å². The molecule has 1 heterocycles. The molecule has 1 saturated heterocycles. The molecule has 0 atom stereocenters. The van der Waals surface area contributed by atoms with E-state index >= 15 is 0 Å². The van der Waals surface area contributed by atoms with Gasteiger partial charge in [0.05, 0.1) is 6.42 Å². The Labute approximate surface area is 107 Å². The summed E-state index contributed by atoms with van der Waals surface area (Å²) in [5, 5.41) is 12.2. The van der Waals surface area contributed by atoms with Gasteiger partial charge >= 0.3 is 5.97 Å². The molecule has 1 aromatic carbocycles. The number of aliphatic carboxylic acids is 1. The summed E-state index contributed by atoms with van der Waals surface area (Å²) in [5.74, 6) is -0.134. The zero-order valence-electron chi connectivity index (χ0n) is 10.6. The van der Waals surface area contributed by atoms with Gasteiger partial charge in [-0.05, 0) is 38.9 Å². The molecule has 0 aromatic heterocycles. The first-order chi connectivity index (χ1) is 8.59. The van der Waals surface area contributed by atoms with Gasteiger partial charge in [0, 0.05) is 5.56 Å². The third kappa shape index (κ3) is 3.23. The van der Waals surface area contributed by atoms with Crippen LogP contribution >= 0.6 is 0 Å². The second-order valence-electron chi connectivity index (χ2n) is 4.98. The second-order valence-corrected chi connectivity index (χ2v) is 4.98. The minimum atomic E-state index is -0.832. The second kappa shape index (κ2) is 5.40. The fourth-order valence-corrected chi connectivity index (χ4v) is 2.24. The van der Waals surface area contributed by atoms with E-state index in [4.69, 9.17) is 9.84 Å². The van der Waals surface area contributed by atoms with Crippen LogP contribution in [0.2, 0.25) is 0 Å². The number of hydrogen-bond acceptors (Lipinski definition) is 3. The van der Waals surface area contributed by atoms with Crippen molar-refractivity contribution >= 4 is 5.97 Å². The van der Waals surface area contributed by atoms with Crippen molar-refractivity contribution in [3.05, 3.63) is 29.8 Å². The largest absolute Gasteiger partial charge is 0.487 e. The van der Waals surface area contributed by atoms with Gasteiger partial charge in [-0.2, -0.15) is 0 Å². The van der Waals surface area contributed by atoms with Crippen molar-refractivity contribution in [2.24, 2.45) is 0 Å². The number of carbonyl (C=O) groups is 1. The molecule has 1 aliphatic heterocycles. The van der Waals surface area contributed by atoms with Crippen molar-refractivity contribution < 1.29 is 14.6 Å². The summed E-state index contributed by atoms with van der Waals surface area (Å²) < 4.78 is 6.07. The summed E-state index contributed by atoms with van der Waals surface area (Å²) in [7, 11) is 0. The Morgan fingerprint density at radius 1 is 1.39 bits per heavy atom. The Kier molecular flexibility index (Phi) is 3.87. The molecule has 0 aliphatic carbocycles. The van der Waals surface area contributed by atoms with E-state index in [0.717, 1.165) is 31.5 Å². The van der Waals surface area contributed by atoms with Crippen LogP contribution in [0, 0.1) is 0 Å². The lowest BCUT2D eigenvalue weighted by molar-refractivity contribution is -0.136. The molecule has 2 rings (SSSR count). The number of nitrogens with one attached hydrogen (secondary N) is 1. The molecule has 1 fully saturated rings. The Hall–Kier alpha value is -1.55. The van der Waals surface area contributed by atoms with Crippen molar-refractivity contribution in [3.8, 4) is 5.75 Å². The molecule has 0 unspecified atom stereocenters. The molecule has 0 saturated carbocycles. The molecule has 0 amide bonds. The molecule has 4 nitrogen and oxygen atoms in total. The third-order valence-corrected chi connectivity index (χ3v) is 3.33. The van der Waals surface area contributed by atoms with E-state index in [1.54, 1.807) is 0 Å². The van der Waals surface area contributed by atoms with Crippen LogP contribution in [0.5, 0.6) is 5.75 Å². The fourth-order valence-electron chi connectivity index (χ4n) is 2.24. The normalized spacial score (nSPS) is 18.3. The first-order valence-corrected chi connectivity index (χ1v) is 6.28. The van der Waals surface area contributed by atoms with Gasteiger partial charge in [0.1, 0.15) is 11.4 Å². The summed E-state index contributed by atoms with van der Waals surface area (Å²) in [6.07, 6.45) is 1.88. The Morgan fingerprint density at radius 3 is 2.72 bits per heavy atom. The highest BCUT2D eigenvalue weighted by Gasteiger charge is 2.29. The zero-order chi connectivity index (χ0) is 13.0. The maximum atomic E-state index is 10.8. The van der Waals surface area contributed by atoms with E-state index in [1.165, 1.54) is 0 Å². The Morgan fingerprint density at radius 2 is 2.06 bits per heavy atom. The van der Waals surface area contributed by atoms with Crippen LogP contribution in [0.3, 0.4) is 0 Å². The van der Waals surface area contributed by atoms with E-state index in [0.29, 0.717) is 5.75 Å². The average molecular weight is 249 g/mol. The molecule has 1 aromatic rings. The molecule has 0 radical (unpaired) electrons. The quantitative estimate of drug-likeness (QED) is 0.854. The van der Waals surface area contributed by atoms with Crippen LogP contribution in [0.25, 0.3) is 0 Å². The third-order valence-electron chi connectivity index (χ3n) is 3.33. The van der Waals surface area contributed by atoms with Crippen molar-refractivity contribution in [1.82, 2.24) is 5.32 Å². The van der Waals surface area contributed by atoms with Crippen LogP contribution in [-0.2, 0) is 11.2 Å².